The highest BCUT2D eigenvalue weighted by atomic mass is 35.7. The molecule has 1 fully saturated rings. The molecule has 1 aliphatic heterocycles. The van der Waals surface area contributed by atoms with Crippen molar-refractivity contribution in [2.24, 2.45) is 0 Å². The van der Waals surface area contributed by atoms with Crippen molar-refractivity contribution in [2.45, 2.75) is 18.6 Å². The summed E-state index contributed by atoms with van der Waals surface area (Å²) in [7, 11) is 1.40. The van der Waals surface area contributed by atoms with E-state index in [1.54, 1.807) is 0 Å². The van der Waals surface area contributed by atoms with Crippen molar-refractivity contribution in [3.8, 4) is 0 Å². The molecule has 2 rings (SSSR count). The van der Waals surface area contributed by atoms with Crippen LogP contribution >= 0.6 is 10.7 Å². The zero-order valence-electron chi connectivity index (χ0n) is 10.3. The molecule has 0 N–H and O–H groups in total. The fraction of sp³-hybridized carbons (Fsp3) is 0.400. The molecule has 1 atom stereocenters. The van der Waals surface area contributed by atoms with Gasteiger partial charge in [-0.15, -0.1) is 0 Å². The standard InChI is InChI=1S/C10H10ClN3O5S/c1-6-2-9(12-4-8(6)14(16)17)13-5-7(3-10(13)15)20(11,18)19/h2,4,7H,3,5H2,1H3. The molecule has 1 saturated heterocycles. The summed E-state index contributed by atoms with van der Waals surface area (Å²) in [4.78, 5) is 26.9. The van der Waals surface area contributed by atoms with Crippen LogP contribution in [-0.4, -0.2) is 36.0 Å². The molecular weight excluding hydrogens is 310 g/mol. The Morgan fingerprint density at radius 3 is 2.65 bits per heavy atom. The average molecular weight is 320 g/mol. The predicted molar refractivity (Wildman–Crippen MR) is 71.2 cm³/mol. The Bertz CT molecular complexity index is 690. The summed E-state index contributed by atoms with van der Waals surface area (Å²) in [5.41, 5.74) is 0.173. The number of amides is 1. The lowest BCUT2D eigenvalue weighted by molar-refractivity contribution is -0.385. The van der Waals surface area contributed by atoms with E-state index in [0.29, 0.717) is 5.56 Å². The second-order valence-electron chi connectivity index (χ2n) is 4.39. The largest absolute Gasteiger partial charge is 0.295 e. The Labute approximate surface area is 118 Å². The highest BCUT2D eigenvalue weighted by Gasteiger charge is 2.38. The van der Waals surface area contributed by atoms with Gasteiger partial charge < -0.3 is 0 Å². The summed E-state index contributed by atoms with van der Waals surface area (Å²) in [6.45, 7) is 1.41. The number of carbonyl (C=O) groups excluding carboxylic acids is 1. The van der Waals surface area contributed by atoms with Crippen molar-refractivity contribution in [1.29, 1.82) is 0 Å². The Kier molecular flexibility index (Phi) is 3.65. The van der Waals surface area contributed by atoms with Gasteiger partial charge in [0.2, 0.25) is 15.0 Å². The maximum atomic E-state index is 11.8. The fourth-order valence-corrected chi connectivity index (χ4v) is 2.98. The maximum absolute atomic E-state index is 11.8. The van der Waals surface area contributed by atoms with Crippen LogP contribution in [-0.2, 0) is 13.8 Å². The van der Waals surface area contributed by atoms with Gasteiger partial charge in [0.15, 0.2) is 0 Å². The summed E-state index contributed by atoms with van der Waals surface area (Å²) in [5, 5.41) is 9.70. The summed E-state index contributed by atoms with van der Waals surface area (Å²) in [6, 6.07) is 1.37. The second-order valence-corrected chi connectivity index (χ2v) is 7.30. The van der Waals surface area contributed by atoms with E-state index in [1.165, 1.54) is 17.9 Å². The van der Waals surface area contributed by atoms with Gasteiger partial charge in [-0.25, -0.2) is 13.4 Å². The lowest BCUT2D eigenvalue weighted by Gasteiger charge is -2.15. The third-order valence-corrected chi connectivity index (χ3v) is 4.90. The Morgan fingerprint density at radius 1 is 1.55 bits per heavy atom. The Balaban J connectivity index is 2.31. The number of nitro groups is 1. The lowest BCUT2D eigenvalue weighted by atomic mass is 10.2. The Hall–Kier alpha value is -1.74. The van der Waals surface area contributed by atoms with Gasteiger partial charge in [0, 0.05) is 29.2 Å². The van der Waals surface area contributed by atoms with Crippen molar-refractivity contribution in [1.82, 2.24) is 4.98 Å². The van der Waals surface area contributed by atoms with Crippen LogP contribution in [0.2, 0.25) is 0 Å². The van der Waals surface area contributed by atoms with Crippen LogP contribution in [0.5, 0.6) is 0 Å². The van der Waals surface area contributed by atoms with Gasteiger partial charge in [0.05, 0.1) is 4.92 Å². The molecule has 1 amide bonds. The van der Waals surface area contributed by atoms with Gasteiger partial charge in [-0.05, 0) is 13.0 Å². The number of aryl methyl sites for hydroxylation is 1. The molecular formula is C10H10ClN3O5S. The summed E-state index contributed by atoms with van der Waals surface area (Å²) >= 11 is 0. The van der Waals surface area contributed by atoms with Crippen LogP contribution in [0.25, 0.3) is 0 Å². The number of hydrogen-bond donors (Lipinski definition) is 0. The molecule has 1 aromatic heterocycles. The van der Waals surface area contributed by atoms with Gasteiger partial charge in [-0.1, -0.05) is 0 Å². The fourth-order valence-electron chi connectivity index (χ4n) is 1.96. The zero-order valence-corrected chi connectivity index (χ0v) is 11.9. The number of carbonyl (C=O) groups is 1. The topological polar surface area (TPSA) is 110 Å². The average Bonchev–Trinajstić information content (AvgIpc) is 2.70. The molecule has 108 valence electrons. The van der Waals surface area contributed by atoms with Crippen LogP contribution in [0.1, 0.15) is 12.0 Å². The number of anilines is 1. The minimum Gasteiger partial charge on any atom is -0.295 e. The van der Waals surface area contributed by atoms with E-state index < -0.39 is 25.1 Å². The number of nitrogens with zero attached hydrogens (tertiary/aromatic N) is 3. The van der Waals surface area contributed by atoms with E-state index in [0.717, 1.165) is 6.20 Å². The number of aromatic nitrogens is 1. The van der Waals surface area contributed by atoms with Gasteiger partial charge in [0.1, 0.15) is 17.3 Å². The van der Waals surface area contributed by atoms with E-state index in [9.17, 15) is 23.3 Å². The third kappa shape index (κ3) is 2.73. The van der Waals surface area contributed by atoms with Crippen molar-refractivity contribution >= 4 is 37.1 Å². The molecule has 1 aromatic rings. The Morgan fingerprint density at radius 2 is 2.20 bits per heavy atom. The van der Waals surface area contributed by atoms with Gasteiger partial charge >= 0.3 is 0 Å². The van der Waals surface area contributed by atoms with Crippen LogP contribution in [0.3, 0.4) is 0 Å². The molecule has 1 aliphatic rings. The first kappa shape index (κ1) is 14.7. The first-order chi connectivity index (χ1) is 9.20. The van der Waals surface area contributed by atoms with E-state index in [2.05, 4.69) is 4.98 Å². The van der Waals surface area contributed by atoms with E-state index >= 15 is 0 Å². The number of pyridine rings is 1. The molecule has 20 heavy (non-hydrogen) atoms. The van der Waals surface area contributed by atoms with Gasteiger partial charge in [-0.2, -0.15) is 0 Å². The van der Waals surface area contributed by atoms with Crippen molar-refractivity contribution < 1.29 is 18.1 Å². The highest BCUT2D eigenvalue weighted by Crippen LogP contribution is 2.28. The molecule has 8 nitrogen and oxygen atoms in total. The van der Waals surface area contributed by atoms with E-state index in [4.69, 9.17) is 10.7 Å². The molecule has 2 heterocycles. The molecule has 0 aliphatic carbocycles. The molecule has 10 heteroatoms. The molecule has 0 saturated carbocycles. The van der Waals surface area contributed by atoms with Crippen molar-refractivity contribution in [2.75, 3.05) is 11.4 Å². The van der Waals surface area contributed by atoms with Gasteiger partial charge in [0.25, 0.3) is 5.69 Å². The van der Waals surface area contributed by atoms with E-state index in [1.807, 2.05) is 0 Å². The minimum absolute atomic E-state index is 0.102. The van der Waals surface area contributed by atoms with Crippen LogP contribution in [0.4, 0.5) is 11.5 Å². The quantitative estimate of drug-likeness (QED) is 0.466. The zero-order chi connectivity index (χ0) is 15.1. The third-order valence-electron chi connectivity index (χ3n) is 3.03. The minimum atomic E-state index is -3.83. The molecule has 0 bridgehead atoms. The monoisotopic (exact) mass is 319 g/mol. The summed E-state index contributed by atoms with van der Waals surface area (Å²) in [5.74, 6) is -0.249. The first-order valence-electron chi connectivity index (χ1n) is 5.55. The predicted octanol–water partition coefficient (Wildman–Crippen LogP) is 0.972. The van der Waals surface area contributed by atoms with Crippen LogP contribution in [0.15, 0.2) is 12.3 Å². The number of hydrogen-bond acceptors (Lipinski definition) is 6. The normalized spacial score (nSPS) is 19.4. The van der Waals surface area contributed by atoms with Crippen LogP contribution < -0.4 is 4.90 Å². The van der Waals surface area contributed by atoms with Crippen molar-refractivity contribution in [3.63, 3.8) is 0 Å². The van der Waals surface area contributed by atoms with Crippen LogP contribution in [0, 0.1) is 17.0 Å². The molecule has 0 aromatic carbocycles. The SMILES string of the molecule is Cc1cc(N2CC(S(=O)(=O)Cl)CC2=O)ncc1[N+](=O)[O-]. The molecule has 0 spiro atoms. The van der Waals surface area contributed by atoms with E-state index in [-0.39, 0.29) is 24.5 Å². The summed E-state index contributed by atoms with van der Waals surface area (Å²) in [6.07, 6.45) is 0.823. The van der Waals surface area contributed by atoms with Gasteiger partial charge in [-0.3, -0.25) is 19.8 Å². The maximum Gasteiger partial charge on any atom is 0.290 e. The molecule has 1 unspecified atom stereocenters. The smallest absolute Gasteiger partial charge is 0.290 e. The number of rotatable bonds is 3. The lowest BCUT2D eigenvalue weighted by Crippen LogP contribution is -2.27. The summed E-state index contributed by atoms with van der Waals surface area (Å²) < 4.78 is 22.5. The molecule has 0 radical (unpaired) electrons. The first-order valence-corrected chi connectivity index (χ1v) is 7.92. The number of halogens is 1. The highest BCUT2D eigenvalue weighted by molar-refractivity contribution is 8.14. The second kappa shape index (κ2) is 4.98. The van der Waals surface area contributed by atoms with Crippen molar-refractivity contribution in [3.05, 3.63) is 27.9 Å².